The predicted octanol–water partition coefficient (Wildman–Crippen LogP) is 2.52. The van der Waals surface area contributed by atoms with E-state index in [0.29, 0.717) is 11.8 Å². The molecule has 0 saturated carbocycles. The first-order valence-corrected chi connectivity index (χ1v) is 9.55. The highest BCUT2D eigenvalue weighted by atomic mass is 35.5. The van der Waals surface area contributed by atoms with E-state index in [1.54, 1.807) is 0 Å². The Morgan fingerprint density at radius 1 is 0.913 bits per heavy atom. The van der Waals surface area contributed by atoms with Gasteiger partial charge in [-0.3, -0.25) is 4.79 Å². The smallest absolute Gasteiger partial charge is 0.225 e. The van der Waals surface area contributed by atoms with Gasteiger partial charge in [0.15, 0.2) is 0 Å². The summed E-state index contributed by atoms with van der Waals surface area (Å²) < 4.78 is 0. The topological polar surface area (TPSA) is 35.6 Å². The molecule has 0 radical (unpaired) electrons. The molecule has 1 atom stereocenters. The molecule has 0 aromatic heterocycles. The molecule has 5 heteroatoms. The lowest BCUT2D eigenvalue weighted by Crippen LogP contribution is -2.47. The highest BCUT2D eigenvalue weighted by molar-refractivity contribution is 5.85. The van der Waals surface area contributed by atoms with E-state index in [0.717, 1.165) is 39.0 Å². The number of nitrogens with zero attached hydrogens (tertiary/aromatic N) is 2. The SMILES string of the molecule is Cl.O=C(C1CCNCC1)N1CCCC(CN2CCCCCC2)C1. The minimum absolute atomic E-state index is 0. The van der Waals surface area contributed by atoms with Crippen molar-refractivity contribution in [1.29, 1.82) is 0 Å². The van der Waals surface area contributed by atoms with Gasteiger partial charge in [-0.05, 0) is 70.6 Å². The molecule has 1 N–H and O–H groups in total. The molecule has 0 spiro atoms. The molecule has 0 bridgehead atoms. The molecule has 0 aromatic rings. The molecule has 23 heavy (non-hydrogen) atoms. The Kier molecular flexibility index (Phi) is 8.14. The number of piperidine rings is 2. The third-order valence-electron chi connectivity index (χ3n) is 5.73. The first kappa shape index (κ1) is 19.0. The highest BCUT2D eigenvalue weighted by Gasteiger charge is 2.30. The number of nitrogens with one attached hydrogen (secondary N) is 1. The Bertz CT molecular complexity index is 352. The summed E-state index contributed by atoms with van der Waals surface area (Å²) in [6.07, 6.45) is 10.1. The van der Waals surface area contributed by atoms with E-state index in [9.17, 15) is 4.79 Å². The van der Waals surface area contributed by atoms with Gasteiger partial charge in [-0.15, -0.1) is 12.4 Å². The fourth-order valence-corrected chi connectivity index (χ4v) is 4.43. The van der Waals surface area contributed by atoms with Crippen molar-refractivity contribution in [3.05, 3.63) is 0 Å². The summed E-state index contributed by atoms with van der Waals surface area (Å²) in [7, 11) is 0. The van der Waals surface area contributed by atoms with Crippen LogP contribution in [-0.2, 0) is 4.79 Å². The van der Waals surface area contributed by atoms with Crippen LogP contribution in [-0.4, -0.2) is 61.5 Å². The molecular weight excluding hydrogens is 310 g/mol. The number of likely N-dealkylation sites (tertiary alicyclic amines) is 2. The normalized spacial score (nSPS) is 28.0. The van der Waals surface area contributed by atoms with Crippen LogP contribution < -0.4 is 5.32 Å². The summed E-state index contributed by atoms with van der Waals surface area (Å²) in [5.74, 6) is 1.44. The second kappa shape index (κ2) is 9.85. The number of halogens is 1. The first-order chi connectivity index (χ1) is 10.8. The number of hydrogen-bond donors (Lipinski definition) is 1. The predicted molar refractivity (Wildman–Crippen MR) is 97.1 cm³/mol. The summed E-state index contributed by atoms with van der Waals surface area (Å²) >= 11 is 0. The summed E-state index contributed by atoms with van der Waals surface area (Å²) in [6.45, 7) is 7.81. The van der Waals surface area contributed by atoms with Crippen molar-refractivity contribution in [2.24, 2.45) is 11.8 Å². The third kappa shape index (κ3) is 5.61. The fourth-order valence-electron chi connectivity index (χ4n) is 4.43. The maximum absolute atomic E-state index is 12.7. The van der Waals surface area contributed by atoms with Crippen LogP contribution in [0.2, 0.25) is 0 Å². The highest BCUT2D eigenvalue weighted by Crippen LogP contribution is 2.23. The van der Waals surface area contributed by atoms with Crippen LogP contribution in [0.3, 0.4) is 0 Å². The molecule has 0 aliphatic carbocycles. The Balaban J connectivity index is 0.00000192. The van der Waals surface area contributed by atoms with Crippen molar-refractivity contribution in [2.45, 2.75) is 51.4 Å². The second-order valence-corrected chi connectivity index (χ2v) is 7.53. The second-order valence-electron chi connectivity index (χ2n) is 7.53. The average molecular weight is 344 g/mol. The van der Waals surface area contributed by atoms with E-state index >= 15 is 0 Å². The van der Waals surface area contributed by atoms with E-state index < -0.39 is 0 Å². The number of rotatable bonds is 3. The molecule has 3 saturated heterocycles. The zero-order chi connectivity index (χ0) is 15.2. The Morgan fingerprint density at radius 2 is 1.61 bits per heavy atom. The van der Waals surface area contributed by atoms with E-state index in [2.05, 4.69) is 15.1 Å². The van der Waals surface area contributed by atoms with E-state index in [-0.39, 0.29) is 18.3 Å². The standard InChI is InChI=1S/C18H33N3O.ClH/c22-18(17-7-9-19-10-8-17)21-13-5-6-16(15-21)14-20-11-3-1-2-4-12-20;/h16-17,19H,1-15H2;1H. The maximum atomic E-state index is 12.7. The van der Waals surface area contributed by atoms with Gasteiger partial charge in [-0.2, -0.15) is 0 Å². The Hall–Kier alpha value is -0.320. The van der Waals surface area contributed by atoms with Gasteiger partial charge < -0.3 is 15.1 Å². The van der Waals surface area contributed by atoms with Crippen LogP contribution >= 0.6 is 12.4 Å². The molecular formula is C18H34ClN3O. The number of hydrogen-bond acceptors (Lipinski definition) is 3. The van der Waals surface area contributed by atoms with Gasteiger partial charge in [0.25, 0.3) is 0 Å². The van der Waals surface area contributed by atoms with Crippen LogP contribution in [0.15, 0.2) is 0 Å². The fraction of sp³-hybridized carbons (Fsp3) is 0.944. The van der Waals surface area contributed by atoms with Crippen LogP contribution in [0.5, 0.6) is 0 Å². The van der Waals surface area contributed by atoms with Gasteiger partial charge in [0.05, 0.1) is 0 Å². The summed E-state index contributed by atoms with van der Waals surface area (Å²) in [6, 6.07) is 0. The lowest BCUT2D eigenvalue weighted by molar-refractivity contribution is -0.138. The van der Waals surface area contributed by atoms with Gasteiger partial charge in [-0.1, -0.05) is 12.8 Å². The van der Waals surface area contributed by atoms with E-state index in [1.165, 1.54) is 58.2 Å². The zero-order valence-electron chi connectivity index (χ0n) is 14.5. The van der Waals surface area contributed by atoms with Crippen molar-refractivity contribution in [3.8, 4) is 0 Å². The zero-order valence-corrected chi connectivity index (χ0v) is 15.3. The van der Waals surface area contributed by atoms with Crippen LogP contribution in [0.1, 0.15) is 51.4 Å². The number of amides is 1. The van der Waals surface area contributed by atoms with Crippen molar-refractivity contribution < 1.29 is 4.79 Å². The minimum Gasteiger partial charge on any atom is -0.342 e. The lowest BCUT2D eigenvalue weighted by Gasteiger charge is -2.37. The Morgan fingerprint density at radius 3 is 2.30 bits per heavy atom. The lowest BCUT2D eigenvalue weighted by atomic mass is 9.92. The van der Waals surface area contributed by atoms with Crippen molar-refractivity contribution in [1.82, 2.24) is 15.1 Å². The minimum atomic E-state index is 0. The molecule has 3 rings (SSSR count). The molecule has 0 aromatic carbocycles. The quantitative estimate of drug-likeness (QED) is 0.855. The average Bonchev–Trinajstić information content (AvgIpc) is 2.84. The maximum Gasteiger partial charge on any atom is 0.225 e. The number of carbonyl (C=O) groups is 1. The van der Waals surface area contributed by atoms with Gasteiger partial charge in [0, 0.05) is 25.6 Å². The van der Waals surface area contributed by atoms with Crippen LogP contribution in [0, 0.1) is 11.8 Å². The largest absolute Gasteiger partial charge is 0.342 e. The molecule has 4 nitrogen and oxygen atoms in total. The summed E-state index contributed by atoms with van der Waals surface area (Å²) in [4.78, 5) is 17.6. The third-order valence-corrected chi connectivity index (χ3v) is 5.73. The van der Waals surface area contributed by atoms with Gasteiger partial charge in [-0.25, -0.2) is 0 Å². The molecule has 3 aliphatic rings. The van der Waals surface area contributed by atoms with Crippen molar-refractivity contribution >= 4 is 18.3 Å². The van der Waals surface area contributed by atoms with Gasteiger partial charge in [0.2, 0.25) is 5.91 Å². The first-order valence-electron chi connectivity index (χ1n) is 9.55. The molecule has 3 aliphatic heterocycles. The Labute approximate surface area is 147 Å². The molecule has 1 unspecified atom stereocenters. The van der Waals surface area contributed by atoms with Crippen LogP contribution in [0.4, 0.5) is 0 Å². The molecule has 3 fully saturated rings. The van der Waals surface area contributed by atoms with Crippen molar-refractivity contribution in [3.63, 3.8) is 0 Å². The summed E-state index contributed by atoms with van der Waals surface area (Å²) in [5.41, 5.74) is 0. The van der Waals surface area contributed by atoms with Crippen molar-refractivity contribution in [2.75, 3.05) is 45.8 Å². The monoisotopic (exact) mass is 343 g/mol. The number of carbonyl (C=O) groups excluding carboxylic acids is 1. The van der Waals surface area contributed by atoms with Gasteiger partial charge in [0.1, 0.15) is 0 Å². The van der Waals surface area contributed by atoms with Crippen LogP contribution in [0.25, 0.3) is 0 Å². The molecule has 134 valence electrons. The van der Waals surface area contributed by atoms with E-state index in [4.69, 9.17) is 0 Å². The van der Waals surface area contributed by atoms with Gasteiger partial charge >= 0.3 is 0 Å². The summed E-state index contributed by atoms with van der Waals surface area (Å²) in [5, 5.41) is 3.36. The van der Waals surface area contributed by atoms with E-state index in [1.807, 2.05) is 0 Å². The molecule has 3 heterocycles. The molecule has 1 amide bonds.